The molecule has 5 heteroatoms. The van der Waals surface area contributed by atoms with Crippen molar-refractivity contribution < 1.29 is 9.59 Å². The SMILES string of the molecule is CC(=O)Nc1cc(NC(=O)[C@H](N)C(C)C)ccc1C. The molecule has 19 heavy (non-hydrogen) atoms. The van der Waals surface area contributed by atoms with Crippen LogP contribution < -0.4 is 16.4 Å². The van der Waals surface area contributed by atoms with E-state index < -0.39 is 6.04 Å². The van der Waals surface area contributed by atoms with Gasteiger partial charge in [-0.05, 0) is 30.5 Å². The van der Waals surface area contributed by atoms with E-state index in [1.807, 2.05) is 26.8 Å². The molecule has 0 bridgehead atoms. The number of hydrogen-bond donors (Lipinski definition) is 3. The largest absolute Gasteiger partial charge is 0.326 e. The van der Waals surface area contributed by atoms with Crippen LogP contribution in [0.2, 0.25) is 0 Å². The number of aryl methyl sites for hydroxylation is 1. The van der Waals surface area contributed by atoms with Crippen LogP contribution in [0.4, 0.5) is 11.4 Å². The first kappa shape index (κ1) is 15.2. The average Bonchev–Trinajstić information content (AvgIpc) is 2.31. The number of benzene rings is 1. The van der Waals surface area contributed by atoms with E-state index in [0.29, 0.717) is 11.4 Å². The van der Waals surface area contributed by atoms with E-state index in [9.17, 15) is 9.59 Å². The van der Waals surface area contributed by atoms with Crippen molar-refractivity contribution in [2.75, 3.05) is 10.6 Å². The quantitative estimate of drug-likeness (QED) is 0.775. The zero-order valence-electron chi connectivity index (χ0n) is 11.8. The van der Waals surface area contributed by atoms with Gasteiger partial charge in [-0.25, -0.2) is 0 Å². The molecule has 0 radical (unpaired) electrons. The van der Waals surface area contributed by atoms with E-state index in [2.05, 4.69) is 10.6 Å². The summed E-state index contributed by atoms with van der Waals surface area (Å²) in [6.45, 7) is 7.11. The number of hydrogen-bond acceptors (Lipinski definition) is 3. The van der Waals surface area contributed by atoms with E-state index in [0.717, 1.165) is 5.56 Å². The highest BCUT2D eigenvalue weighted by atomic mass is 16.2. The Balaban J connectivity index is 2.85. The topological polar surface area (TPSA) is 84.2 Å². The monoisotopic (exact) mass is 263 g/mol. The van der Waals surface area contributed by atoms with Crippen molar-refractivity contribution in [2.45, 2.75) is 33.7 Å². The number of nitrogens with one attached hydrogen (secondary N) is 2. The fraction of sp³-hybridized carbons (Fsp3) is 0.429. The third-order valence-corrected chi connectivity index (χ3v) is 2.84. The zero-order chi connectivity index (χ0) is 14.6. The van der Waals surface area contributed by atoms with Gasteiger partial charge in [-0.2, -0.15) is 0 Å². The second-order valence-corrected chi connectivity index (χ2v) is 4.97. The number of carbonyl (C=O) groups excluding carboxylic acids is 2. The fourth-order valence-electron chi connectivity index (χ4n) is 1.55. The molecule has 0 aliphatic carbocycles. The summed E-state index contributed by atoms with van der Waals surface area (Å²) in [6, 6.07) is 4.79. The third kappa shape index (κ3) is 4.37. The standard InChI is InChI=1S/C14H21N3O2/c1-8(2)13(15)14(19)17-11-6-5-9(3)12(7-11)16-10(4)18/h5-8,13H,15H2,1-4H3,(H,16,18)(H,17,19)/t13-/m1/s1. The smallest absolute Gasteiger partial charge is 0.241 e. The number of carbonyl (C=O) groups is 2. The summed E-state index contributed by atoms with van der Waals surface area (Å²) in [5.74, 6) is -0.307. The van der Waals surface area contributed by atoms with Crippen LogP contribution in [-0.2, 0) is 9.59 Å². The molecule has 5 nitrogen and oxygen atoms in total. The molecule has 1 rings (SSSR count). The Bertz CT molecular complexity index is 484. The van der Waals surface area contributed by atoms with E-state index in [-0.39, 0.29) is 17.7 Å². The van der Waals surface area contributed by atoms with Gasteiger partial charge in [0.2, 0.25) is 11.8 Å². The van der Waals surface area contributed by atoms with Gasteiger partial charge in [0, 0.05) is 18.3 Å². The Labute approximate surface area is 113 Å². The normalized spacial score (nSPS) is 12.1. The molecule has 0 heterocycles. The van der Waals surface area contributed by atoms with E-state index in [4.69, 9.17) is 5.73 Å². The molecular formula is C14H21N3O2. The van der Waals surface area contributed by atoms with Gasteiger partial charge in [-0.3, -0.25) is 9.59 Å². The van der Waals surface area contributed by atoms with Crippen LogP contribution >= 0.6 is 0 Å². The number of amides is 2. The van der Waals surface area contributed by atoms with Crippen molar-refractivity contribution in [2.24, 2.45) is 11.7 Å². The molecular weight excluding hydrogens is 242 g/mol. The number of nitrogens with two attached hydrogens (primary N) is 1. The maximum atomic E-state index is 11.8. The molecule has 0 spiro atoms. The molecule has 0 aliphatic rings. The molecule has 0 aromatic heterocycles. The lowest BCUT2D eigenvalue weighted by Crippen LogP contribution is -2.39. The number of anilines is 2. The Morgan fingerprint density at radius 3 is 2.37 bits per heavy atom. The van der Waals surface area contributed by atoms with Gasteiger partial charge < -0.3 is 16.4 Å². The molecule has 0 saturated carbocycles. The van der Waals surface area contributed by atoms with Gasteiger partial charge in [-0.15, -0.1) is 0 Å². The van der Waals surface area contributed by atoms with Crippen LogP contribution in [0, 0.1) is 12.8 Å². The minimum Gasteiger partial charge on any atom is -0.326 e. The fourth-order valence-corrected chi connectivity index (χ4v) is 1.55. The Hall–Kier alpha value is -1.88. The molecule has 104 valence electrons. The molecule has 1 aromatic carbocycles. The molecule has 0 saturated heterocycles. The van der Waals surface area contributed by atoms with Gasteiger partial charge in [0.1, 0.15) is 0 Å². The third-order valence-electron chi connectivity index (χ3n) is 2.84. The lowest BCUT2D eigenvalue weighted by atomic mass is 10.0. The van der Waals surface area contributed by atoms with Crippen molar-refractivity contribution in [3.8, 4) is 0 Å². The van der Waals surface area contributed by atoms with Crippen LogP contribution in [0.25, 0.3) is 0 Å². The minimum atomic E-state index is -0.550. The van der Waals surface area contributed by atoms with Gasteiger partial charge in [0.05, 0.1) is 6.04 Å². The minimum absolute atomic E-state index is 0.0697. The van der Waals surface area contributed by atoms with Gasteiger partial charge in [0.15, 0.2) is 0 Å². The van der Waals surface area contributed by atoms with E-state index in [1.165, 1.54) is 6.92 Å². The van der Waals surface area contributed by atoms with Crippen molar-refractivity contribution in [3.63, 3.8) is 0 Å². The Morgan fingerprint density at radius 1 is 1.21 bits per heavy atom. The molecule has 1 atom stereocenters. The maximum absolute atomic E-state index is 11.8. The van der Waals surface area contributed by atoms with Crippen LogP contribution in [0.1, 0.15) is 26.3 Å². The predicted octanol–water partition coefficient (Wildman–Crippen LogP) is 1.88. The Morgan fingerprint density at radius 2 is 1.84 bits per heavy atom. The summed E-state index contributed by atoms with van der Waals surface area (Å²) in [5.41, 5.74) is 8.01. The lowest BCUT2D eigenvalue weighted by Gasteiger charge is -2.16. The van der Waals surface area contributed by atoms with Crippen molar-refractivity contribution >= 4 is 23.2 Å². The molecule has 2 amide bonds. The summed E-state index contributed by atoms with van der Waals surface area (Å²) in [6.07, 6.45) is 0. The van der Waals surface area contributed by atoms with Gasteiger partial charge >= 0.3 is 0 Å². The first-order chi connectivity index (χ1) is 8.81. The summed E-state index contributed by atoms with van der Waals surface area (Å²) in [7, 11) is 0. The lowest BCUT2D eigenvalue weighted by molar-refractivity contribution is -0.118. The highest BCUT2D eigenvalue weighted by Gasteiger charge is 2.17. The van der Waals surface area contributed by atoms with Crippen molar-refractivity contribution in [3.05, 3.63) is 23.8 Å². The van der Waals surface area contributed by atoms with Crippen LogP contribution in [0.15, 0.2) is 18.2 Å². The molecule has 1 aromatic rings. The summed E-state index contributed by atoms with van der Waals surface area (Å²) in [4.78, 5) is 22.9. The van der Waals surface area contributed by atoms with Crippen molar-refractivity contribution in [1.82, 2.24) is 0 Å². The zero-order valence-corrected chi connectivity index (χ0v) is 11.8. The Kier molecular flexibility index (Phi) is 5.06. The van der Waals surface area contributed by atoms with Crippen LogP contribution in [0.5, 0.6) is 0 Å². The predicted molar refractivity (Wildman–Crippen MR) is 76.9 cm³/mol. The first-order valence-corrected chi connectivity index (χ1v) is 6.26. The maximum Gasteiger partial charge on any atom is 0.241 e. The summed E-state index contributed by atoms with van der Waals surface area (Å²) >= 11 is 0. The first-order valence-electron chi connectivity index (χ1n) is 6.26. The van der Waals surface area contributed by atoms with E-state index in [1.54, 1.807) is 12.1 Å². The highest BCUT2D eigenvalue weighted by molar-refractivity contribution is 5.96. The second kappa shape index (κ2) is 6.33. The highest BCUT2D eigenvalue weighted by Crippen LogP contribution is 2.20. The van der Waals surface area contributed by atoms with Gasteiger partial charge in [0.25, 0.3) is 0 Å². The van der Waals surface area contributed by atoms with Crippen LogP contribution in [0.3, 0.4) is 0 Å². The average molecular weight is 263 g/mol. The molecule has 0 aliphatic heterocycles. The second-order valence-electron chi connectivity index (χ2n) is 4.97. The molecule has 0 fully saturated rings. The molecule has 0 unspecified atom stereocenters. The van der Waals surface area contributed by atoms with Crippen molar-refractivity contribution in [1.29, 1.82) is 0 Å². The molecule has 4 N–H and O–H groups in total. The number of rotatable bonds is 4. The van der Waals surface area contributed by atoms with E-state index >= 15 is 0 Å². The summed E-state index contributed by atoms with van der Waals surface area (Å²) in [5, 5.41) is 5.47. The van der Waals surface area contributed by atoms with Crippen LogP contribution in [-0.4, -0.2) is 17.9 Å². The summed E-state index contributed by atoms with van der Waals surface area (Å²) < 4.78 is 0. The van der Waals surface area contributed by atoms with Gasteiger partial charge in [-0.1, -0.05) is 19.9 Å².